The second-order valence-corrected chi connectivity index (χ2v) is 5.68. The van der Waals surface area contributed by atoms with Crippen molar-refractivity contribution in [3.8, 4) is 0 Å². The van der Waals surface area contributed by atoms with E-state index in [0.717, 1.165) is 36.7 Å². The number of hydrogen-bond donors (Lipinski definition) is 1. The zero-order chi connectivity index (χ0) is 14.4. The average molecular weight is 294 g/mol. The highest BCUT2D eigenvalue weighted by Crippen LogP contribution is 2.16. The van der Waals surface area contributed by atoms with Gasteiger partial charge in [0.15, 0.2) is 0 Å². The van der Waals surface area contributed by atoms with Crippen LogP contribution in [0.25, 0.3) is 0 Å². The van der Waals surface area contributed by atoms with Crippen molar-refractivity contribution < 1.29 is 9.15 Å². The van der Waals surface area contributed by atoms with Crippen LogP contribution in [0.1, 0.15) is 34.6 Å². The molecule has 0 saturated heterocycles. The molecule has 2 aromatic rings. The number of nitrogens with one attached hydrogen (secondary N) is 1. The monoisotopic (exact) mass is 294 g/mol. The first-order valence-electron chi connectivity index (χ1n) is 6.96. The molecular weight excluding hydrogens is 272 g/mol. The molecule has 5 heteroatoms. The largest absolute Gasteiger partial charge is 0.464 e. The Bertz CT molecular complexity index is 534. The van der Waals surface area contributed by atoms with Crippen molar-refractivity contribution in [2.24, 2.45) is 0 Å². The molecule has 0 aliphatic rings. The summed E-state index contributed by atoms with van der Waals surface area (Å²) in [5.74, 6) is 1.87. The first kappa shape index (κ1) is 15.2. The van der Waals surface area contributed by atoms with Gasteiger partial charge in [-0.05, 0) is 26.5 Å². The zero-order valence-electron chi connectivity index (χ0n) is 12.4. The number of nitrogens with zero attached hydrogens (tertiary/aromatic N) is 1. The lowest BCUT2D eigenvalue weighted by Crippen LogP contribution is -2.11. The van der Waals surface area contributed by atoms with Crippen LogP contribution in [0.5, 0.6) is 0 Å². The van der Waals surface area contributed by atoms with Crippen LogP contribution in [-0.2, 0) is 24.3 Å². The fraction of sp³-hybridized carbons (Fsp3) is 0.533. The molecule has 110 valence electrons. The van der Waals surface area contributed by atoms with Crippen molar-refractivity contribution in [1.29, 1.82) is 0 Å². The fourth-order valence-electron chi connectivity index (χ4n) is 2.00. The number of hydrogen-bond acceptors (Lipinski definition) is 5. The van der Waals surface area contributed by atoms with Gasteiger partial charge in [0.1, 0.15) is 18.1 Å². The van der Waals surface area contributed by atoms with Gasteiger partial charge in [-0.1, -0.05) is 6.92 Å². The smallest absolute Gasteiger partial charge is 0.130 e. The van der Waals surface area contributed by atoms with Crippen LogP contribution in [0.3, 0.4) is 0 Å². The Hall–Kier alpha value is -1.17. The Balaban J connectivity index is 1.75. The molecule has 0 atom stereocenters. The Morgan fingerprint density at radius 2 is 2.25 bits per heavy atom. The molecule has 0 saturated carbocycles. The highest BCUT2D eigenvalue weighted by Gasteiger charge is 2.07. The molecule has 0 spiro atoms. The maximum absolute atomic E-state index is 5.70. The number of furan rings is 1. The van der Waals surface area contributed by atoms with Crippen LogP contribution < -0.4 is 5.32 Å². The summed E-state index contributed by atoms with van der Waals surface area (Å²) in [4.78, 5) is 5.53. The van der Waals surface area contributed by atoms with Gasteiger partial charge in [-0.3, -0.25) is 0 Å². The minimum absolute atomic E-state index is 0.533. The van der Waals surface area contributed by atoms with Gasteiger partial charge in [0, 0.05) is 23.4 Å². The molecule has 0 fully saturated rings. The second-order valence-electron chi connectivity index (χ2n) is 4.74. The number of aromatic nitrogens is 1. The lowest BCUT2D eigenvalue weighted by molar-refractivity contribution is 0.108. The molecule has 0 aliphatic carbocycles. The zero-order valence-corrected chi connectivity index (χ0v) is 13.2. The highest BCUT2D eigenvalue weighted by atomic mass is 32.1. The Morgan fingerprint density at radius 3 is 2.95 bits per heavy atom. The second kappa shape index (κ2) is 7.57. The molecule has 0 amide bonds. The Kier molecular flexibility index (Phi) is 5.76. The Labute approximate surface area is 124 Å². The minimum atomic E-state index is 0.533. The molecule has 4 nitrogen and oxygen atoms in total. The van der Waals surface area contributed by atoms with E-state index in [1.807, 2.05) is 19.4 Å². The van der Waals surface area contributed by atoms with Gasteiger partial charge in [0.25, 0.3) is 0 Å². The molecule has 0 unspecified atom stereocenters. The van der Waals surface area contributed by atoms with Crippen LogP contribution in [0, 0.1) is 13.8 Å². The predicted octanol–water partition coefficient (Wildman–Crippen LogP) is 3.22. The maximum Gasteiger partial charge on any atom is 0.130 e. The van der Waals surface area contributed by atoms with Crippen LogP contribution in [0.2, 0.25) is 0 Å². The molecule has 2 rings (SSSR count). The number of aryl methyl sites for hydroxylation is 2. The van der Waals surface area contributed by atoms with E-state index in [1.165, 1.54) is 10.4 Å². The van der Waals surface area contributed by atoms with Crippen molar-refractivity contribution in [2.75, 3.05) is 13.2 Å². The van der Waals surface area contributed by atoms with E-state index in [4.69, 9.17) is 9.15 Å². The maximum atomic E-state index is 5.70. The molecule has 1 N–H and O–H groups in total. The summed E-state index contributed by atoms with van der Waals surface area (Å²) in [5.41, 5.74) is 4.21. The summed E-state index contributed by atoms with van der Waals surface area (Å²) in [7, 11) is 0. The average Bonchev–Trinajstić information content (AvgIpc) is 2.99. The molecule has 0 radical (unpaired) electrons. The van der Waals surface area contributed by atoms with Crippen molar-refractivity contribution in [2.45, 2.75) is 40.3 Å². The first-order valence-corrected chi connectivity index (χ1v) is 7.84. The number of rotatable bonds is 8. The predicted molar refractivity (Wildman–Crippen MR) is 81.0 cm³/mol. The summed E-state index contributed by atoms with van der Waals surface area (Å²) < 4.78 is 11.4. The molecule has 2 aromatic heterocycles. The van der Waals surface area contributed by atoms with Gasteiger partial charge in [0.05, 0.1) is 17.8 Å². The van der Waals surface area contributed by atoms with Gasteiger partial charge < -0.3 is 14.5 Å². The summed E-state index contributed by atoms with van der Waals surface area (Å²) >= 11 is 1.69. The van der Waals surface area contributed by atoms with Gasteiger partial charge in [-0.25, -0.2) is 4.98 Å². The van der Waals surface area contributed by atoms with E-state index in [2.05, 4.69) is 23.3 Å². The van der Waals surface area contributed by atoms with Crippen molar-refractivity contribution in [3.05, 3.63) is 39.2 Å². The van der Waals surface area contributed by atoms with E-state index in [9.17, 15) is 0 Å². The lowest BCUT2D eigenvalue weighted by Gasteiger charge is -2.01. The van der Waals surface area contributed by atoms with E-state index in [0.29, 0.717) is 13.2 Å². The normalized spacial score (nSPS) is 11.2. The van der Waals surface area contributed by atoms with Gasteiger partial charge >= 0.3 is 0 Å². The Morgan fingerprint density at radius 1 is 1.40 bits per heavy atom. The first-order chi connectivity index (χ1) is 9.70. The summed E-state index contributed by atoms with van der Waals surface area (Å²) in [5, 5.41) is 3.30. The van der Waals surface area contributed by atoms with Gasteiger partial charge in [-0.2, -0.15) is 0 Å². The third-order valence-corrected chi connectivity index (χ3v) is 4.19. The summed E-state index contributed by atoms with van der Waals surface area (Å²) in [6.45, 7) is 9.18. The third kappa shape index (κ3) is 4.16. The molecule has 20 heavy (non-hydrogen) atoms. The molecule has 0 aromatic carbocycles. The fourth-order valence-corrected chi connectivity index (χ4v) is 2.76. The van der Waals surface area contributed by atoms with Crippen molar-refractivity contribution in [3.63, 3.8) is 0 Å². The molecule has 2 heterocycles. The number of thiazole rings is 1. The van der Waals surface area contributed by atoms with Gasteiger partial charge in [0.2, 0.25) is 0 Å². The van der Waals surface area contributed by atoms with Crippen LogP contribution >= 0.6 is 11.3 Å². The SMILES string of the molecule is CCNCc1cc(COCCc2scnc2C)oc1C. The highest BCUT2D eigenvalue weighted by molar-refractivity contribution is 7.09. The van der Waals surface area contributed by atoms with Crippen molar-refractivity contribution >= 4 is 11.3 Å². The van der Waals surface area contributed by atoms with E-state index in [1.54, 1.807) is 11.3 Å². The number of ether oxygens (including phenoxy) is 1. The third-order valence-electron chi connectivity index (χ3n) is 3.20. The van der Waals surface area contributed by atoms with Crippen LogP contribution in [0.4, 0.5) is 0 Å². The van der Waals surface area contributed by atoms with Gasteiger partial charge in [-0.15, -0.1) is 11.3 Å². The van der Waals surface area contributed by atoms with E-state index >= 15 is 0 Å². The molecule has 0 aliphatic heterocycles. The summed E-state index contributed by atoms with van der Waals surface area (Å²) in [6, 6.07) is 2.08. The van der Waals surface area contributed by atoms with Crippen LogP contribution in [-0.4, -0.2) is 18.1 Å². The molecule has 0 bridgehead atoms. The summed E-state index contributed by atoms with van der Waals surface area (Å²) in [6.07, 6.45) is 0.917. The molecular formula is C15H22N2O2S. The van der Waals surface area contributed by atoms with Crippen LogP contribution in [0.15, 0.2) is 16.0 Å². The van der Waals surface area contributed by atoms with Crippen molar-refractivity contribution in [1.82, 2.24) is 10.3 Å². The standard InChI is InChI=1S/C15H22N2O2S/c1-4-16-8-13-7-14(19-12(13)3)9-18-6-5-15-11(2)17-10-20-15/h7,10,16H,4-6,8-9H2,1-3H3. The topological polar surface area (TPSA) is 47.3 Å². The lowest BCUT2D eigenvalue weighted by atomic mass is 10.2. The quantitative estimate of drug-likeness (QED) is 0.759. The van der Waals surface area contributed by atoms with E-state index in [-0.39, 0.29) is 0 Å². The minimum Gasteiger partial charge on any atom is -0.464 e. The van der Waals surface area contributed by atoms with E-state index < -0.39 is 0 Å².